The Bertz CT molecular complexity index is 913. The van der Waals surface area contributed by atoms with Crippen LogP contribution in [-0.4, -0.2) is 53.2 Å². The number of likely N-dealkylation sites (tertiary alicyclic amines) is 1. The molecule has 1 atom stereocenters. The van der Waals surface area contributed by atoms with Crippen LogP contribution in [0.2, 0.25) is 0 Å². The van der Waals surface area contributed by atoms with E-state index in [4.69, 9.17) is 4.74 Å². The predicted molar refractivity (Wildman–Crippen MR) is 95.5 cm³/mol. The summed E-state index contributed by atoms with van der Waals surface area (Å²) in [6.45, 7) is 2.77. The summed E-state index contributed by atoms with van der Waals surface area (Å²) in [6.07, 6.45) is 2.25. The minimum absolute atomic E-state index is 0.175. The zero-order chi connectivity index (χ0) is 18.3. The number of likely N-dealkylation sites (N-methyl/N-ethyl adjacent to an activating group) is 1. The second-order valence-corrected chi connectivity index (χ2v) is 7.36. The quantitative estimate of drug-likeness (QED) is 0.895. The number of H-pyrrole nitrogens is 1. The molecule has 6 nitrogen and oxygen atoms in total. The SMILES string of the molecule is CN1C[C@]2(CCCN(Cc3cc(=O)c4cccc(F)c4[nH]3)CC2)OC1=O. The summed E-state index contributed by atoms with van der Waals surface area (Å²) in [5, 5.41) is 0.365. The van der Waals surface area contributed by atoms with Crippen molar-refractivity contribution in [3.8, 4) is 0 Å². The standard InChI is InChI=1S/C19H22FN3O3/c1-22-12-19(26-18(22)25)6-3-8-23(9-7-19)11-13-10-16(24)14-4-2-5-15(20)17(14)21-13/h2,4-5,10H,3,6-9,11-12H2,1H3,(H,21,24)/t19-/m1/s1. The number of aromatic amines is 1. The monoisotopic (exact) mass is 359 g/mol. The molecule has 2 fully saturated rings. The number of pyridine rings is 1. The van der Waals surface area contributed by atoms with Gasteiger partial charge in [-0.15, -0.1) is 0 Å². The fourth-order valence-electron chi connectivity index (χ4n) is 4.05. The summed E-state index contributed by atoms with van der Waals surface area (Å²) in [7, 11) is 1.76. The summed E-state index contributed by atoms with van der Waals surface area (Å²) in [5.41, 5.74) is 0.381. The van der Waals surface area contributed by atoms with Crippen LogP contribution in [0, 0.1) is 5.82 Å². The highest BCUT2D eigenvalue weighted by Gasteiger charge is 2.44. The third-order valence-electron chi connectivity index (χ3n) is 5.40. The van der Waals surface area contributed by atoms with Gasteiger partial charge in [-0.2, -0.15) is 0 Å². The van der Waals surface area contributed by atoms with Gasteiger partial charge in [0.15, 0.2) is 5.43 Å². The first-order chi connectivity index (χ1) is 12.5. The number of para-hydroxylation sites is 1. The Morgan fingerprint density at radius 2 is 2.12 bits per heavy atom. The molecule has 0 unspecified atom stereocenters. The molecule has 2 aromatic rings. The molecule has 1 aromatic carbocycles. The van der Waals surface area contributed by atoms with Gasteiger partial charge < -0.3 is 14.6 Å². The fourth-order valence-corrected chi connectivity index (χ4v) is 4.05. The van der Waals surface area contributed by atoms with Gasteiger partial charge in [0, 0.05) is 43.7 Å². The van der Waals surface area contributed by atoms with Gasteiger partial charge in [0.25, 0.3) is 0 Å². The average molecular weight is 359 g/mol. The zero-order valence-electron chi connectivity index (χ0n) is 14.8. The van der Waals surface area contributed by atoms with Crippen molar-refractivity contribution in [3.63, 3.8) is 0 Å². The Labute approximate surface area is 150 Å². The highest BCUT2D eigenvalue weighted by atomic mass is 19.1. The van der Waals surface area contributed by atoms with Crippen LogP contribution in [0.4, 0.5) is 9.18 Å². The smallest absolute Gasteiger partial charge is 0.410 e. The normalized spacial score (nSPS) is 24.2. The van der Waals surface area contributed by atoms with Crippen LogP contribution in [0.3, 0.4) is 0 Å². The van der Waals surface area contributed by atoms with Crippen LogP contribution < -0.4 is 5.43 Å². The van der Waals surface area contributed by atoms with Crippen molar-refractivity contribution in [1.29, 1.82) is 0 Å². The van der Waals surface area contributed by atoms with E-state index in [2.05, 4.69) is 9.88 Å². The number of ether oxygens (including phenoxy) is 1. The van der Waals surface area contributed by atoms with Crippen LogP contribution in [0.15, 0.2) is 29.1 Å². The Hall–Kier alpha value is -2.41. The second-order valence-electron chi connectivity index (χ2n) is 7.36. The molecule has 138 valence electrons. The number of rotatable bonds is 2. The molecule has 4 rings (SSSR count). The highest BCUT2D eigenvalue weighted by Crippen LogP contribution is 2.32. The second kappa shape index (κ2) is 6.39. The Balaban J connectivity index is 1.52. The molecule has 3 heterocycles. The van der Waals surface area contributed by atoms with E-state index in [-0.39, 0.29) is 17.0 Å². The minimum Gasteiger partial charge on any atom is -0.441 e. The number of fused-ring (bicyclic) bond motifs is 1. The van der Waals surface area contributed by atoms with Crippen molar-refractivity contribution in [3.05, 3.63) is 46.0 Å². The zero-order valence-corrected chi connectivity index (χ0v) is 14.8. The molecule has 0 aliphatic carbocycles. The van der Waals surface area contributed by atoms with E-state index < -0.39 is 11.4 Å². The number of hydrogen-bond donors (Lipinski definition) is 1. The molecule has 1 aromatic heterocycles. The van der Waals surface area contributed by atoms with E-state index in [0.29, 0.717) is 24.2 Å². The number of aromatic nitrogens is 1. The van der Waals surface area contributed by atoms with Crippen LogP contribution in [0.5, 0.6) is 0 Å². The number of hydrogen-bond acceptors (Lipinski definition) is 4. The van der Waals surface area contributed by atoms with Gasteiger partial charge in [0.2, 0.25) is 0 Å². The molecule has 26 heavy (non-hydrogen) atoms. The first-order valence-electron chi connectivity index (χ1n) is 8.93. The molecule has 2 aliphatic rings. The number of nitrogens with zero attached hydrogens (tertiary/aromatic N) is 2. The van der Waals surface area contributed by atoms with Crippen molar-refractivity contribution < 1.29 is 13.9 Å². The summed E-state index contributed by atoms with van der Waals surface area (Å²) in [5.74, 6) is -0.419. The molecule has 1 N–H and O–H groups in total. The van der Waals surface area contributed by atoms with Crippen molar-refractivity contribution >= 4 is 17.0 Å². The van der Waals surface area contributed by atoms with Gasteiger partial charge in [-0.05, 0) is 31.5 Å². The summed E-state index contributed by atoms with van der Waals surface area (Å²) in [6, 6.07) is 6.07. The average Bonchev–Trinajstić information content (AvgIpc) is 2.75. The Morgan fingerprint density at radius 3 is 2.88 bits per heavy atom. The summed E-state index contributed by atoms with van der Waals surface area (Å²) < 4.78 is 19.7. The number of benzene rings is 1. The van der Waals surface area contributed by atoms with Crippen LogP contribution in [0.1, 0.15) is 25.0 Å². The minimum atomic E-state index is -0.419. The van der Waals surface area contributed by atoms with Crippen LogP contribution in [-0.2, 0) is 11.3 Å². The third-order valence-corrected chi connectivity index (χ3v) is 5.40. The molecule has 2 aliphatic heterocycles. The maximum atomic E-state index is 14.0. The van der Waals surface area contributed by atoms with Gasteiger partial charge in [-0.1, -0.05) is 6.07 Å². The Kier molecular flexibility index (Phi) is 4.19. The van der Waals surface area contributed by atoms with Crippen LogP contribution >= 0.6 is 0 Å². The Morgan fingerprint density at radius 1 is 1.27 bits per heavy atom. The number of carbonyl (C=O) groups is 1. The lowest BCUT2D eigenvalue weighted by atomic mass is 9.95. The first-order valence-corrected chi connectivity index (χ1v) is 8.93. The first kappa shape index (κ1) is 17.0. The van der Waals surface area contributed by atoms with Gasteiger partial charge in [0.1, 0.15) is 11.4 Å². The lowest BCUT2D eigenvalue weighted by Gasteiger charge is -2.25. The van der Waals surface area contributed by atoms with E-state index >= 15 is 0 Å². The number of amides is 1. The number of halogens is 1. The van der Waals surface area contributed by atoms with E-state index in [1.54, 1.807) is 30.1 Å². The van der Waals surface area contributed by atoms with E-state index in [1.807, 2.05) is 0 Å². The molecule has 1 amide bonds. The van der Waals surface area contributed by atoms with Crippen molar-refractivity contribution in [1.82, 2.24) is 14.8 Å². The molecule has 7 heteroatoms. The fraction of sp³-hybridized carbons (Fsp3) is 0.474. The van der Waals surface area contributed by atoms with Gasteiger partial charge in [-0.3, -0.25) is 9.69 Å². The summed E-state index contributed by atoms with van der Waals surface area (Å²) >= 11 is 0. The number of nitrogens with one attached hydrogen (secondary N) is 1. The topological polar surface area (TPSA) is 65.6 Å². The molecule has 0 saturated carbocycles. The summed E-state index contributed by atoms with van der Waals surface area (Å²) in [4.78, 5) is 30.9. The molecular formula is C19H22FN3O3. The van der Waals surface area contributed by atoms with E-state index in [9.17, 15) is 14.0 Å². The lowest BCUT2D eigenvalue weighted by molar-refractivity contribution is 0.0442. The van der Waals surface area contributed by atoms with Crippen molar-refractivity contribution in [2.75, 3.05) is 26.7 Å². The highest BCUT2D eigenvalue weighted by molar-refractivity contribution is 5.78. The molecular weight excluding hydrogens is 337 g/mol. The van der Waals surface area contributed by atoms with Gasteiger partial charge in [0.05, 0.1) is 12.1 Å². The van der Waals surface area contributed by atoms with Gasteiger partial charge >= 0.3 is 6.09 Å². The predicted octanol–water partition coefficient (Wildman–Crippen LogP) is 2.47. The maximum Gasteiger partial charge on any atom is 0.410 e. The van der Waals surface area contributed by atoms with E-state index in [1.165, 1.54) is 6.07 Å². The molecule has 2 saturated heterocycles. The molecule has 1 spiro atoms. The van der Waals surface area contributed by atoms with E-state index in [0.717, 1.165) is 32.4 Å². The van der Waals surface area contributed by atoms with Gasteiger partial charge in [-0.25, -0.2) is 9.18 Å². The number of carbonyl (C=O) groups excluding carboxylic acids is 1. The largest absolute Gasteiger partial charge is 0.441 e. The van der Waals surface area contributed by atoms with Crippen molar-refractivity contribution in [2.45, 2.75) is 31.4 Å². The van der Waals surface area contributed by atoms with Crippen molar-refractivity contribution in [2.24, 2.45) is 0 Å². The lowest BCUT2D eigenvalue weighted by Crippen LogP contribution is -2.35. The maximum absolute atomic E-state index is 14.0. The molecule has 0 radical (unpaired) electrons. The molecule has 0 bridgehead atoms. The third kappa shape index (κ3) is 3.07. The van der Waals surface area contributed by atoms with Crippen LogP contribution in [0.25, 0.3) is 10.9 Å².